The standard InChI is InChI=1S/C19H22N2O6S/c1-25-16-8-5-13(11-18(16)27-3)19(22)20-15-7-6-14(12-17(15)26-2)21-9-4-10-28(21,23)24/h5-8,11-12H,4,9-10H2,1-3H3,(H,20,22). The Morgan fingerprint density at radius 3 is 2.29 bits per heavy atom. The maximum Gasteiger partial charge on any atom is 0.255 e. The Kier molecular flexibility index (Phi) is 5.64. The van der Waals surface area contributed by atoms with Crippen LogP contribution in [0, 0.1) is 0 Å². The summed E-state index contributed by atoms with van der Waals surface area (Å²) in [5, 5.41) is 2.78. The van der Waals surface area contributed by atoms with Crippen molar-refractivity contribution in [1.82, 2.24) is 0 Å². The molecule has 0 radical (unpaired) electrons. The summed E-state index contributed by atoms with van der Waals surface area (Å²) in [6, 6.07) is 9.72. The third kappa shape index (κ3) is 3.84. The predicted molar refractivity (Wildman–Crippen MR) is 106 cm³/mol. The largest absolute Gasteiger partial charge is 0.494 e. The molecule has 0 spiro atoms. The van der Waals surface area contributed by atoms with Crippen LogP contribution in [-0.4, -0.2) is 48.0 Å². The van der Waals surface area contributed by atoms with Crippen LogP contribution in [0.5, 0.6) is 17.2 Å². The van der Waals surface area contributed by atoms with Crippen LogP contribution in [0.25, 0.3) is 0 Å². The molecule has 8 nitrogen and oxygen atoms in total. The van der Waals surface area contributed by atoms with Gasteiger partial charge in [-0.15, -0.1) is 0 Å². The molecular formula is C19H22N2O6S. The highest BCUT2D eigenvalue weighted by Gasteiger charge is 2.29. The number of amides is 1. The van der Waals surface area contributed by atoms with Gasteiger partial charge >= 0.3 is 0 Å². The van der Waals surface area contributed by atoms with Crippen molar-refractivity contribution in [2.24, 2.45) is 0 Å². The summed E-state index contributed by atoms with van der Waals surface area (Å²) >= 11 is 0. The van der Waals surface area contributed by atoms with Gasteiger partial charge in [0.2, 0.25) is 10.0 Å². The minimum Gasteiger partial charge on any atom is -0.494 e. The van der Waals surface area contributed by atoms with E-state index in [1.54, 1.807) is 36.4 Å². The van der Waals surface area contributed by atoms with Crippen LogP contribution in [0.15, 0.2) is 36.4 Å². The predicted octanol–water partition coefficient (Wildman–Crippen LogP) is 2.50. The number of methoxy groups -OCH3 is 3. The van der Waals surface area contributed by atoms with Gasteiger partial charge < -0.3 is 19.5 Å². The lowest BCUT2D eigenvalue weighted by Gasteiger charge is -2.19. The minimum atomic E-state index is -3.29. The summed E-state index contributed by atoms with van der Waals surface area (Å²) in [6.45, 7) is 0.433. The normalized spacial score (nSPS) is 15.2. The van der Waals surface area contributed by atoms with Gasteiger partial charge in [0.15, 0.2) is 11.5 Å². The van der Waals surface area contributed by atoms with Gasteiger partial charge in [-0.3, -0.25) is 9.10 Å². The monoisotopic (exact) mass is 406 g/mol. The molecule has 0 aliphatic carbocycles. The number of sulfonamides is 1. The molecule has 1 amide bonds. The summed E-state index contributed by atoms with van der Waals surface area (Å²) in [6.07, 6.45) is 0.586. The number of nitrogens with one attached hydrogen (secondary N) is 1. The second kappa shape index (κ2) is 7.97. The van der Waals surface area contributed by atoms with Gasteiger partial charge in [0.25, 0.3) is 5.91 Å². The van der Waals surface area contributed by atoms with Gasteiger partial charge in [-0.1, -0.05) is 0 Å². The zero-order valence-corrected chi connectivity index (χ0v) is 16.7. The van der Waals surface area contributed by atoms with Gasteiger partial charge in [-0.25, -0.2) is 8.42 Å². The maximum atomic E-state index is 12.6. The van der Waals surface area contributed by atoms with Gasteiger partial charge in [0, 0.05) is 18.2 Å². The third-order valence-electron chi connectivity index (χ3n) is 4.47. The number of carbonyl (C=O) groups is 1. The van der Waals surface area contributed by atoms with E-state index >= 15 is 0 Å². The first kappa shape index (κ1) is 19.8. The van der Waals surface area contributed by atoms with Crippen molar-refractivity contribution in [3.05, 3.63) is 42.0 Å². The summed E-state index contributed by atoms with van der Waals surface area (Å²) in [7, 11) is 1.18. The lowest BCUT2D eigenvalue weighted by Crippen LogP contribution is -2.25. The SMILES string of the molecule is COc1cc(N2CCCS2(=O)=O)ccc1NC(=O)c1ccc(OC)c(OC)c1. The van der Waals surface area contributed by atoms with Gasteiger partial charge in [-0.2, -0.15) is 0 Å². The van der Waals surface area contributed by atoms with Crippen LogP contribution >= 0.6 is 0 Å². The van der Waals surface area contributed by atoms with E-state index in [0.717, 1.165) is 0 Å². The van der Waals surface area contributed by atoms with E-state index in [2.05, 4.69) is 5.32 Å². The second-order valence-electron chi connectivity index (χ2n) is 6.15. The fourth-order valence-corrected chi connectivity index (χ4v) is 4.60. The zero-order chi connectivity index (χ0) is 20.3. The molecule has 0 atom stereocenters. The molecule has 0 saturated carbocycles. The Balaban J connectivity index is 1.85. The fraction of sp³-hybridized carbons (Fsp3) is 0.316. The smallest absolute Gasteiger partial charge is 0.255 e. The minimum absolute atomic E-state index is 0.132. The molecule has 28 heavy (non-hydrogen) atoms. The number of anilines is 2. The fourth-order valence-electron chi connectivity index (χ4n) is 3.04. The van der Waals surface area contributed by atoms with E-state index in [0.29, 0.717) is 47.2 Å². The molecule has 1 aliphatic heterocycles. The number of hydrogen-bond donors (Lipinski definition) is 1. The topological polar surface area (TPSA) is 94.2 Å². The summed E-state index contributed by atoms with van der Waals surface area (Å²) < 4.78 is 41.3. The van der Waals surface area contributed by atoms with E-state index in [-0.39, 0.29) is 11.7 Å². The molecule has 0 aromatic heterocycles. The van der Waals surface area contributed by atoms with E-state index in [9.17, 15) is 13.2 Å². The molecule has 1 heterocycles. The third-order valence-corrected chi connectivity index (χ3v) is 6.34. The van der Waals surface area contributed by atoms with Crippen molar-refractivity contribution in [2.75, 3.05) is 43.2 Å². The van der Waals surface area contributed by atoms with Crippen molar-refractivity contribution in [1.29, 1.82) is 0 Å². The molecule has 1 aliphatic rings. The Morgan fingerprint density at radius 2 is 1.68 bits per heavy atom. The van der Waals surface area contributed by atoms with Crippen molar-refractivity contribution >= 4 is 27.3 Å². The van der Waals surface area contributed by atoms with Crippen LogP contribution in [-0.2, 0) is 10.0 Å². The Bertz CT molecular complexity index is 990. The highest BCUT2D eigenvalue weighted by molar-refractivity contribution is 7.93. The molecule has 0 bridgehead atoms. The number of nitrogens with zero attached hydrogens (tertiary/aromatic N) is 1. The van der Waals surface area contributed by atoms with Crippen molar-refractivity contribution < 1.29 is 27.4 Å². The lowest BCUT2D eigenvalue weighted by molar-refractivity contribution is 0.102. The quantitative estimate of drug-likeness (QED) is 0.792. The van der Waals surface area contributed by atoms with Gasteiger partial charge in [0.05, 0.1) is 38.5 Å². The molecule has 0 unspecified atom stereocenters. The molecule has 1 N–H and O–H groups in total. The molecular weight excluding hydrogens is 384 g/mol. The van der Waals surface area contributed by atoms with E-state index in [4.69, 9.17) is 14.2 Å². The summed E-state index contributed by atoms with van der Waals surface area (Å²) in [4.78, 5) is 12.6. The Morgan fingerprint density at radius 1 is 0.964 bits per heavy atom. The number of ether oxygens (including phenoxy) is 3. The van der Waals surface area contributed by atoms with Crippen molar-refractivity contribution in [3.63, 3.8) is 0 Å². The molecule has 3 rings (SSSR count). The summed E-state index contributed by atoms with van der Waals surface area (Å²) in [5.74, 6) is 1.10. The molecule has 150 valence electrons. The first-order valence-electron chi connectivity index (χ1n) is 8.61. The van der Waals surface area contributed by atoms with Gasteiger partial charge in [0.1, 0.15) is 5.75 Å². The zero-order valence-electron chi connectivity index (χ0n) is 15.9. The molecule has 2 aromatic carbocycles. The highest BCUT2D eigenvalue weighted by Crippen LogP contribution is 2.33. The van der Waals surface area contributed by atoms with Crippen molar-refractivity contribution in [2.45, 2.75) is 6.42 Å². The highest BCUT2D eigenvalue weighted by atomic mass is 32.2. The average Bonchev–Trinajstić information content (AvgIpc) is 3.06. The van der Waals surface area contributed by atoms with Crippen LogP contribution in [0.2, 0.25) is 0 Å². The maximum absolute atomic E-state index is 12.6. The van der Waals surface area contributed by atoms with Crippen LogP contribution < -0.4 is 23.8 Å². The molecule has 9 heteroatoms. The van der Waals surface area contributed by atoms with E-state index < -0.39 is 10.0 Å². The number of benzene rings is 2. The molecule has 2 aromatic rings. The first-order valence-corrected chi connectivity index (χ1v) is 10.2. The number of rotatable bonds is 6. The Hall–Kier alpha value is -2.94. The van der Waals surface area contributed by atoms with Crippen LogP contribution in [0.1, 0.15) is 16.8 Å². The Labute approximate surface area is 164 Å². The molecule has 1 fully saturated rings. The second-order valence-corrected chi connectivity index (χ2v) is 8.16. The summed E-state index contributed by atoms with van der Waals surface area (Å²) in [5.41, 5.74) is 1.33. The number of hydrogen-bond acceptors (Lipinski definition) is 6. The number of carbonyl (C=O) groups excluding carboxylic acids is 1. The van der Waals surface area contributed by atoms with Gasteiger partial charge in [-0.05, 0) is 36.8 Å². The average molecular weight is 406 g/mol. The lowest BCUT2D eigenvalue weighted by atomic mass is 10.1. The van der Waals surface area contributed by atoms with E-state index in [1.807, 2.05) is 0 Å². The van der Waals surface area contributed by atoms with Crippen LogP contribution in [0.3, 0.4) is 0 Å². The van der Waals surface area contributed by atoms with Crippen LogP contribution in [0.4, 0.5) is 11.4 Å². The van der Waals surface area contributed by atoms with Crippen molar-refractivity contribution in [3.8, 4) is 17.2 Å². The first-order chi connectivity index (χ1) is 13.4. The molecule has 1 saturated heterocycles. The van der Waals surface area contributed by atoms with E-state index in [1.165, 1.54) is 25.6 Å².